The van der Waals surface area contributed by atoms with E-state index in [0.29, 0.717) is 46.1 Å². The first kappa shape index (κ1) is 32.3. The number of hydrogen-bond acceptors (Lipinski definition) is 11. The van der Waals surface area contributed by atoms with Crippen molar-refractivity contribution in [3.63, 3.8) is 0 Å². The fourth-order valence-electron chi connectivity index (χ4n) is 5.21. The van der Waals surface area contributed by atoms with Gasteiger partial charge in [-0.1, -0.05) is 19.9 Å². The van der Waals surface area contributed by atoms with Crippen LogP contribution in [0.2, 0.25) is 0 Å². The van der Waals surface area contributed by atoms with Crippen molar-refractivity contribution in [3.05, 3.63) is 56.2 Å². The Kier molecular flexibility index (Phi) is 10.1. The summed E-state index contributed by atoms with van der Waals surface area (Å²) in [6.45, 7) is 5.01. The van der Waals surface area contributed by atoms with Crippen LogP contribution in [0.15, 0.2) is 29.1 Å². The molecule has 1 heterocycles. The largest absolute Gasteiger partial charge is 0.493 e. The molecule has 13 heteroatoms. The molecular formula is C31H36N4O8S. The SMILES string of the molecule is COC(=O)c1nc(NC(=O)CNc2ccc3c(cc2=O)[C@@H](NC(C)=O)CCc2cc(OC)c(OC)c(OC)c2-3)sc1C(C)C. The molecule has 0 aliphatic heterocycles. The van der Waals surface area contributed by atoms with Crippen LogP contribution < -0.4 is 35.6 Å². The fourth-order valence-corrected chi connectivity index (χ4v) is 6.18. The number of carbonyl (C=O) groups is 3. The van der Waals surface area contributed by atoms with Gasteiger partial charge in [-0.05, 0) is 53.6 Å². The minimum absolute atomic E-state index is 0.000854. The van der Waals surface area contributed by atoms with Crippen LogP contribution in [0.3, 0.4) is 0 Å². The number of nitrogens with zero attached hydrogens (tertiary/aromatic N) is 1. The van der Waals surface area contributed by atoms with E-state index in [4.69, 9.17) is 18.9 Å². The number of thiazole rings is 1. The van der Waals surface area contributed by atoms with E-state index in [0.717, 1.165) is 11.1 Å². The van der Waals surface area contributed by atoms with E-state index in [-0.39, 0.29) is 40.3 Å². The van der Waals surface area contributed by atoms with Crippen molar-refractivity contribution in [2.45, 2.75) is 45.6 Å². The number of fused-ring (bicyclic) bond motifs is 3. The molecular weight excluding hydrogens is 588 g/mol. The molecule has 1 aliphatic carbocycles. The number of esters is 1. The van der Waals surface area contributed by atoms with Crippen molar-refractivity contribution in [2.75, 3.05) is 45.6 Å². The second-order valence-electron chi connectivity index (χ2n) is 10.4. The summed E-state index contributed by atoms with van der Waals surface area (Å²) in [5, 5.41) is 8.82. The lowest BCUT2D eigenvalue weighted by Gasteiger charge is -2.19. The van der Waals surface area contributed by atoms with Crippen LogP contribution in [0.25, 0.3) is 11.1 Å². The maximum atomic E-state index is 13.5. The molecule has 0 saturated carbocycles. The number of hydrogen-bond donors (Lipinski definition) is 3. The Morgan fingerprint density at radius 3 is 2.39 bits per heavy atom. The highest BCUT2D eigenvalue weighted by molar-refractivity contribution is 7.16. The average Bonchev–Trinajstić information content (AvgIpc) is 3.28. The number of ether oxygens (including phenoxy) is 4. The summed E-state index contributed by atoms with van der Waals surface area (Å²) in [5.41, 5.74) is 2.85. The minimum atomic E-state index is -0.581. The molecule has 0 spiro atoms. The third-order valence-electron chi connectivity index (χ3n) is 7.16. The first-order valence-corrected chi connectivity index (χ1v) is 14.7. The molecule has 0 fully saturated rings. The molecule has 2 aromatic carbocycles. The van der Waals surface area contributed by atoms with Crippen LogP contribution in [0.1, 0.15) is 65.6 Å². The quantitative estimate of drug-likeness (QED) is 0.279. The number of aryl methyl sites for hydroxylation is 1. The predicted molar refractivity (Wildman–Crippen MR) is 167 cm³/mol. The summed E-state index contributed by atoms with van der Waals surface area (Å²) < 4.78 is 21.8. The second-order valence-corrected chi connectivity index (χ2v) is 11.4. The number of amides is 2. The molecule has 0 unspecified atom stereocenters. The number of methoxy groups -OCH3 is 4. The molecule has 0 saturated heterocycles. The summed E-state index contributed by atoms with van der Waals surface area (Å²) in [6, 6.07) is 6.25. The van der Waals surface area contributed by atoms with E-state index in [1.54, 1.807) is 19.2 Å². The van der Waals surface area contributed by atoms with Crippen LogP contribution in [0.4, 0.5) is 10.8 Å². The molecule has 3 aromatic rings. The van der Waals surface area contributed by atoms with Gasteiger partial charge in [-0.2, -0.15) is 0 Å². The average molecular weight is 625 g/mol. The number of anilines is 2. The predicted octanol–water partition coefficient (Wildman–Crippen LogP) is 4.28. The van der Waals surface area contributed by atoms with E-state index in [1.165, 1.54) is 45.7 Å². The number of aromatic nitrogens is 1. The zero-order valence-electron chi connectivity index (χ0n) is 25.7. The first-order valence-electron chi connectivity index (χ1n) is 13.9. The van der Waals surface area contributed by atoms with Crippen molar-refractivity contribution in [1.82, 2.24) is 10.3 Å². The van der Waals surface area contributed by atoms with Crippen molar-refractivity contribution in [2.24, 2.45) is 0 Å². The fraction of sp³-hybridized carbons (Fsp3) is 0.387. The van der Waals surface area contributed by atoms with Gasteiger partial charge in [0.05, 0.1) is 46.7 Å². The third kappa shape index (κ3) is 6.62. The highest BCUT2D eigenvalue weighted by Crippen LogP contribution is 2.50. The van der Waals surface area contributed by atoms with Gasteiger partial charge in [-0.3, -0.25) is 14.4 Å². The Balaban J connectivity index is 1.71. The molecule has 2 amide bonds. The van der Waals surface area contributed by atoms with E-state index in [1.807, 2.05) is 19.9 Å². The Morgan fingerprint density at radius 1 is 1.05 bits per heavy atom. The number of nitrogens with one attached hydrogen (secondary N) is 3. The summed E-state index contributed by atoms with van der Waals surface area (Å²) >= 11 is 1.19. The normalized spacial score (nSPS) is 13.6. The lowest BCUT2D eigenvalue weighted by molar-refractivity contribution is -0.119. The molecule has 3 N–H and O–H groups in total. The molecule has 12 nitrogen and oxygen atoms in total. The maximum absolute atomic E-state index is 13.5. The summed E-state index contributed by atoms with van der Waals surface area (Å²) in [6.07, 6.45) is 1.09. The van der Waals surface area contributed by atoms with Crippen LogP contribution >= 0.6 is 11.3 Å². The highest BCUT2D eigenvalue weighted by atomic mass is 32.1. The van der Waals surface area contributed by atoms with E-state index in [9.17, 15) is 19.2 Å². The topological polar surface area (TPSA) is 154 Å². The first-order chi connectivity index (χ1) is 21.0. The van der Waals surface area contributed by atoms with Crippen LogP contribution in [-0.4, -0.2) is 57.8 Å². The van der Waals surface area contributed by atoms with Crippen molar-refractivity contribution >= 4 is 39.9 Å². The molecule has 0 radical (unpaired) electrons. The summed E-state index contributed by atoms with van der Waals surface area (Å²) in [7, 11) is 5.86. The Labute approximate surface area is 259 Å². The van der Waals surface area contributed by atoms with Crippen LogP contribution in [0.5, 0.6) is 17.2 Å². The lowest BCUT2D eigenvalue weighted by Crippen LogP contribution is -2.27. The van der Waals surface area contributed by atoms with E-state index >= 15 is 0 Å². The van der Waals surface area contributed by atoms with Crippen molar-refractivity contribution in [3.8, 4) is 28.4 Å². The standard InChI is InChI=1S/C31H36N4O8S/c1-15(2)29-26(30(39)43-7)35-31(44-29)34-24(38)14-32-21-11-9-18-19(13-22(21)37)20(33-16(3)36)10-8-17-12-23(40-4)27(41-5)28(42-6)25(17)18/h9,11-13,15,20H,8,10,14H2,1-7H3,(H,32,37)(H,33,36)(H,34,35,38)/t20-/m0/s1. The van der Waals surface area contributed by atoms with Crippen LogP contribution in [-0.2, 0) is 20.7 Å². The highest BCUT2D eigenvalue weighted by Gasteiger charge is 2.29. The lowest BCUT2D eigenvalue weighted by atomic mass is 9.95. The molecule has 1 aliphatic rings. The van der Waals surface area contributed by atoms with Gasteiger partial charge >= 0.3 is 5.97 Å². The maximum Gasteiger partial charge on any atom is 0.357 e. The molecule has 44 heavy (non-hydrogen) atoms. The molecule has 1 aromatic heterocycles. The van der Waals surface area contributed by atoms with Gasteiger partial charge in [0.25, 0.3) is 0 Å². The van der Waals surface area contributed by atoms with Gasteiger partial charge in [0.1, 0.15) is 0 Å². The van der Waals surface area contributed by atoms with Gasteiger partial charge in [-0.15, -0.1) is 11.3 Å². The molecule has 4 rings (SSSR count). The monoisotopic (exact) mass is 624 g/mol. The Bertz CT molecular complexity index is 1650. The number of benzene rings is 1. The van der Waals surface area contributed by atoms with Crippen LogP contribution in [0, 0.1) is 0 Å². The van der Waals surface area contributed by atoms with E-state index < -0.39 is 17.9 Å². The zero-order valence-corrected chi connectivity index (χ0v) is 26.5. The van der Waals surface area contributed by atoms with Crippen molar-refractivity contribution in [1.29, 1.82) is 0 Å². The third-order valence-corrected chi connectivity index (χ3v) is 8.43. The van der Waals surface area contributed by atoms with Crippen molar-refractivity contribution < 1.29 is 33.3 Å². The Hall–Kier alpha value is -4.65. The Morgan fingerprint density at radius 2 is 1.77 bits per heavy atom. The van der Waals surface area contributed by atoms with Gasteiger partial charge in [0.15, 0.2) is 22.3 Å². The van der Waals surface area contributed by atoms with Gasteiger partial charge in [0, 0.05) is 17.4 Å². The van der Waals surface area contributed by atoms with Gasteiger partial charge < -0.3 is 34.9 Å². The second kappa shape index (κ2) is 13.8. The summed E-state index contributed by atoms with van der Waals surface area (Å²) in [5.74, 6) is 0.0655. The summed E-state index contributed by atoms with van der Waals surface area (Å²) in [4.78, 5) is 55.5. The van der Waals surface area contributed by atoms with E-state index in [2.05, 4.69) is 20.9 Å². The number of rotatable bonds is 10. The zero-order chi connectivity index (χ0) is 32.1. The molecule has 0 bridgehead atoms. The minimum Gasteiger partial charge on any atom is -0.493 e. The number of carbonyl (C=O) groups excluding carboxylic acids is 3. The molecule has 1 atom stereocenters. The van der Waals surface area contributed by atoms with Gasteiger partial charge in [0.2, 0.25) is 23.0 Å². The molecule has 234 valence electrons. The van der Waals surface area contributed by atoms with Gasteiger partial charge in [-0.25, -0.2) is 9.78 Å². The smallest absolute Gasteiger partial charge is 0.357 e.